The minimum atomic E-state index is -0.392. The van der Waals surface area contributed by atoms with E-state index in [9.17, 15) is 10.1 Å². The van der Waals surface area contributed by atoms with E-state index in [1.165, 1.54) is 6.07 Å². The topological polar surface area (TPSA) is 82.2 Å². The van der Waals surface area contributed by atoms with Crippen LogP contribution in [0.5, 0.6) is 0 Å². The number of nitro benzene ring substituents is 1. The largest absolute Gasteiger partial charge is 0.383 e. The standard InChI is InChI=1S/C15H22N4O2/c1-12(2)10-18(8-4-7-16)11-13-5-6-15(19(20)21)14(9-13)17-3/h5-6,9,12,17H,4,8,10-11H2,1-3H3. The first-order chi connectivity index (χ1) is 9.97. The fourth-order valence-electron chi connectivity index (χ4n) is 2.26. The van der Waals surface area contributed by atoms with Gasteiger partial charge in [0.15, 0.2) is 0 Å². The van der Waals surface area contributed by atoms with E-state index in [1.807, 2.05) is 0 Å². The minimum Gasteiger partial charge on any atom is -0.383 e. The van der Waals surface area contributed by atoms with Gasteiger partial charge in [0.05, 0.1) is 11.0 Å². The van der Waals surface area contributed by atoms with Crippen molar-refractivity contribution in [2.45, 2.75) is 26.8 Å². The van der Waals surface area contributed by atoms with Crippen LogP contribution < -0.4 is 5.32 Å². The first kappa shape index (κ1) is 16.9. The van der Waals surface area contributed by atoms with Gasteiger partial charge in [0.25, 0.3) is 5.69 Å². The van der Waals surface area contributed by atoms with Gasteiger partial charge in [0.1, 0.15) is 5.69 Å². The van der Waals surface area contributed by atoms with Crippen LogP contribution in [0.4, 0.5) is 11.4 Å². The Morgan fingerprint density at radius 2 is 2.19 bits per heavy atom. The molecular weight excluding hydrogens is 268 g/mol. The van der Waals surface area contributed by atoms with Crippen LogP contribution in [0.3, 0.4) is 0 Å². The Hall–Kier alpha value is -2.13. The minimum absolute atomic E-state index is 0.0775. The van der Waals surface area contributed by atoms with Crippen LogP contribution in [-0.2, 0) is 6.54 Å². The van der Waals surface area contributed by atoms with Crippen molar-refractivity contribution in [3.63, 3.8) is 0 Å². The van der Waals surface area contributed by atoms with Crippen LogP contribution in [0, 0.1) is 27.4 Å². The molecule has 1 aromatic rings. The lowest BCUT2D eigenvalue weighted by Crippen LogP contribution is -2.28. The summed E-state index contributed by atoms with van der Waals surface area (Å²) in [5, 5.41) is 22.5. The molecule has 1 rings (SSSR count). The first-order valence-corrected chi connectivity index (χ1v) is 7.02. The van der Waals surface area contributed by atoms with Crippen molar-refractivity contribution in [2.75, 3.05) is 25.5 Å². The molecular formula is C15H22N4O2. The Kier molecular flexibility index (Phi) is 6.63. The molecule has 0 aromatic heterocycles. The van der Waals surface area contributed by atoms with Crippen molar-refractivity contribution in [1.82, 2.24) is 4.90 Å². The molecule has 0 atom stereocenters. The summed E-state index contributed by atoms with van der Waals surface area (Å²) in [5.41, 5.74) is 1.60. The van der Waals surface area contributed by atoms with Crippen LogP contribution >= 0.6 is 0 Å². The van der Waals surface area contributed by atoms with Gasteiger partial charge in [-0.2, -0.15) is 5.26 Å². The van der Waals surface area contributed by atoms with Gasteiger partial charge >= 0.3 is 0 Å². The van der Waals surface area contributed by atoms with E-state index in [2.05, 4.69) is 30.1 Å². The van der Waals surface area contributed by atoms with Crippen molar-refractivity contribution in [2.24, 2.45) is 5.92 Å². The van der Waals surface area contributed by atoms with Crippen LogP contribution in [0.2, 0.25) is 0 Å². The van der Waals surface area contributed by atoms with E-state index in [1.54, 1.807) is 19.2 Å². The summed E-state index contributed by atoms with van der Waals surface area (Å²) in [6.45, 7) is 6.56. The zero-order chi connectivity index (χ0) is 15.8. The van der Waals surface area contributed by atoms with Crippen LogP contribution in [-0.4, -0.2) is 30.0 Å². The summed E-state index contributed by atoms with van der Waals surface area (Å²) in [6, 6.07) is 7.27. The average Bonchev–Trinajstić information content (AvgIpc) is 2.43. The number of benzene rings is 1. The SMILES string of the molecule is CNc1cc(CN(CCC#N)CC(C)C)ccc1[N+](=O)[O-]. The van der Waals surface area contributed by atoms with E-state index in [0.717, 1.165) is 12.1 Å². The molecule has 0 aliphatic heterocycles. The highest BCUT2D eigenvalue weighted by molar-refractivity contribution is 5.62. The molecule has 0 aliphatic rings. The molecule has 0 unspecified atom stereocenters. The third-order valence-electron chi connectivity index (χ3n) is 3.10. The highest BCUT2D eigenvalue weighted by Crippen LogP contribution is 2.25. The average molecular weight is 290 g/mol. The predicted octanol–water partition coefficient (Wildman–Crippen LogP) is 3.01. The maximum Gasteiger partial charge on any atom is 0.292 e. The van der Waals surface area contributed by atoms with Crippen molar-refractivity contribution in [3.05, 3.63) is 33.9 Å². The molecule has 0 bridgehead atoms. The lowest BCUT2D eigenvalue weighted by molar-refractivity contribution is -0.384. The Balaban J connectivity index is 2.88. The zero-order valence-electron chi connectivity index (χ0n) is 12.8. The van der Waals surface area contributed by atoms with Gasteiger partial charge in [-0.3, -0.25) is 15.0 Å². The van der Waals surface area contributed by atoms with Gasteiger partial charge < -0.3 is 5.32 Å². The number of hydrogen-bond donors (Lipinski definition) is 1. The summed E-state index contributed by atoms with van der Waals surface area (Å²) >= 11 is 0. The van der Waals surface area contributed by atoms with E-state index in [0.29, 0.717) is 31.1 Å². The fraction of sp³-hybridized carbons (Fsp3) is 0.533. The molecule has 0 spiro atoms. The normalized spacial score (nSPS) is 10.7. The van der Waals surface area contributed by atoms with Crippen molar-refractivity contribution in [1.29, 1.82) is 5.26 Å². The molecule has 0 amide bonds. The van der Waals surface area contributed by atoms with Gasteiger partial charge in [0.2, 0.25) is 0 Å². The Morgan fingerprint density at radius 1 is 1.48 bits per heavy atom. The number of anilines is 1. The van der Waals surface area contributed by atoms with Crippen LogP contribution in [0.15, 0.2) is 18.2 Å². The highest BCUT2D eigenvalue weighted by Gasteiger charge is 2.14. The molecule has 1 N–H and O–H groups in total. The first-order valence-electron chi connectivity index (χ1n) is 7.02. The number of nitrogens with one attached hydrogen (secondary N) is 1. The van der Waals surface area contributed by atoms with Gasteiger partial charge in [-0.15, -0.1) is 0 Å². The molecule has 6 heteroatoms. The lowest BCUT2D eigenvalue weighted by Gasteiger charge is -2.23. The van der Waals surface area contributed by atoms with E-state index >= 15 is 0 Å². The molecule has 0 saturated carbocycles. The maximum absolute atomic E-state index is 10.9. The predicted molar refractivity (Wildman–Crippen MR) is 83.0 cm³/mol. The number of rotatable bonds is 8. The van der Waals surface area contributed by atoms with Gasteiger partial charge in [-0.1, -0.05) is 19.9 Å². The van der Waals surface area contributed by atoms with Crippen molar-refractivity contribution in [3.8, 4) is 6.07 Å². The molecule has 6 nitrogen and oxygen atoms in total. The molecule has 0 aliphatic carbocycles. The summed E-state index contributed by atoms with van der Waals surface area (Å²) in [6.07, 6.45) is 0.485. The highest BCUT2D eigenvalue weighted by atomic mass is 16.6. The fourth-order valence-corrected chi connectivity index (χ4v) is 2.26. The Bertz CT molecular complexity index is 523. The second-order valence-corrected chi connectivity index (χ2v) is 5.40. The molecule has 0 fully saturated rings. The second kappa shape index (κ2) is 8.22. The lowest BCUT2D eigenvalue weighted by atomic mass is 10.1. The number of hydrogen-bond acceptors (Lipinski definition) is 5. The summed E-state index contributed by atoms with van der Waals surface area (Å²) < 4.78 is 0. The Morgan fingerprint density at radius 3 is 2.71 bits per heavy atom. The summed E-state index contributed by atoms with van der Waals surface area (Å²) in [5.74, 6) is 0.505. The number of nitro groups is 1. The summed E-state index contributed by atoms with van der Waals surface area (Å²) in [4.78, 5) is 12.7. The van der Waals surface area contributed by atoms with Gasteiger partial charge in [0, 0.05) is 39.2 Å². The Labute approximate surface area is 125 Å². The molecule has 0 saturated heterocycles. The maximum atomic E-state index is 10.9. The third kappa shape index (κ3) is 5.40. The van der Waals surface area contributed by atoms with Crippen molar-refractivity contribution < 1.29 is 4.92 Å². The molecule has 1 aromatic carbocycles. The number of nitrogens with zero attached hydrogens (tertiary/aromatic N) is 3. The third-order valence-corrected chi connectivity index (χ3v) is 3.10. The number of nitriles is 1. The van der Waals surface area contributed by atoms with E-state index < -0.39 is 4.92 Å². The quantitative estimate of drug-likeness (QED) is 0.588. The van der Waals surface area contributed by atoms with Crippen molar-refractivity contribution >= 4 is 11.4 Å². The molecule has 0 radical (unpaired) electrons. The van der Waals surface area contributed by atoms with Crippen LogP contribution in [0.1, 0.15) is 25.8 Å². The summed E-state index contributed by atoms with van der Waals surface area (Å²) in [7, 11) is 1.67. The van der Waals surface area contributed by atoms with Gasteiger partial charge in [-0.05, 0) is 17.5 Å². The van der Waals surface area contributed by atoms with Crippen LogP contribution in [0.25, 0.3) is 0 Å². The molecule has 0 heterocycles. The monoisotopic (exact) mass is 290 g/mol. The molecule has 114 valence electrons. The van der Waals surface area contributed by atoms with Gasteiger partial charge in [-0.25, -0.2) is 0 Å². The van der Waals surface area contributed by atoms with E-state index in [4.69, 9.17) is 5.26 Å². The smallest absolute Gasteiger partial charge is 0.292 e. The zero-order valence-corrected chi connectivity index (χ0v) is 12.8. The van der Waals surface area contributed by atoms with E-state index in [-0.39, 0.29) is 5.69 Å². The molecule has 21 heavy (non-hydrogen) atoms. The second-order valence-electron chi connectivity index (χ2n) is 5.40.